The average Bonchev–Trinajstić information content (AvgIpc) is 3.62. The Hall–Kier alpha value is -3.47. The fraction of sp³-hybridized carbons (Fsp3) is 0.355. The normalized spacial score (nSPS) is 18.3. The molecule has 1 heterocycles. The Morgan fingerprint density at radius 3 is 2.08 bits per heavy atom. The van der Waals surface area contributed by atoms with Crippen LogP contribution >= 0.6 is 0 Å². The molecule has 0 aromatic heterocycles. The van der Waals surface area contributed by atoms with Crippen LogP contribution in [0.3, 0.4) is 0 Å². The predicted octanol–water partition coefficient (Wildman–Crippen LogP) is 5.34. The minimum Gasteiger partial charge on any atom is -0.356 e. The van der Waals surface area contributed by atoms with Crippen molar-refractivity contribution in [2.45, 2.75) is 38.0 Å². The van der Waals surface area contributed by atoms with Crippen LogP contribution in [-0.4, -0.2) is 36.3 Å². The molecule has 186 valence electrons. The lowest BCUT2D eigenvalue weighted by molar-refractivity contribution is -0.132. The molecule has 1 aliphatic heterocycles. The first-order valence-corrected chi connectivity index (χ1v) is 12.9. The Labute approximate surface area is 212 Å². The van der Waals surface area contributed by atoms with Crippen molar-refractivity contribution in [2.24, 2.45) is 11.3 Å². The van der Waals surface area contributed by atoms with Gasteiger partial charge in [-0.05, 0) is 53.9 Å². The number of carbonyl (C=O) groups excluding carboxylic acids is 2. The first-order chi connectivity index (χ1) is 17.6. The molecule has 1 saturated carbocycles. The van der Waals surface area contributed by atoms with Gasteiger partial charge in [-0.15, -0.1) is 0 Å². The molecule has 1 N–H and O–H groups in total. The summed E-state index contributed by atoms with van der Waals surface area (Å²) in [5, 5.41) is 3.20. The minimum absolute atomic E-state index is 0.0249. The van der Waals surface area contributed by atoms with Gasteiger partial charge in [0, 0.05) is 31.5 Å². The van der Waals surface area contributed by atoms with Crippen LogP contribution in [-0.2, 0) is 16.0 Å². The number of nitrogens with zero attached hydrogens (tertiary/aromatic N) is 1. The van der Waals surface area contributed by atoms with Gasteiger partial charge in [0.1, 0.15) is 5.82 Å². The molecule has 1 aliphatic carbocycles. The summed E-state index contributed by atoms with van der Waals surface area (Å²) in [4.78, 5) is 27.5. The molecule has 1 atom stereocenters. The van der Waals surface area contributed by atoms with E-state index in [-0.39, 0.29) is 41.3 Å². The van der Waals surface area contributed by atoms with Crippen LogP contribution in [0.1, 0.15) is 48.3 Å². The SMILES string of the molecule is O=C(NCCC(c1ccccc1)c1ccccc1)[C@H]1CC12CCN(C(=O)Cc1ccccc1F)CC2. The molecule has 0 radical (unpaired) electrons. The van der Waals surface area contributed by atoms with E-state index < -0.39 is 0 Å². The highest BCUT2D eigenvalue weighted by atomic mass is 19.1. The van der Waals surface area contributed by atoms with Crippen molar-refractivity contribution in [1.82, 2.24) is 10.2 Å². The summed E-state index contributed by atoms with van der Waals surface area (Å²) in [7, 11) is 0. The third-order valence-corrected chi connectivity index (χ3v) is 8.05. The third-order valence-electron chi connectivity index (χ3n) is 8.05. The van der Waals surface area contributed by atoms with E-state index in [1.807, 2.05) is 17.0 Å². The summed E-state index contributed by atoms with van der Waals surface area (Å²) < 4.78 is 13.9. The van der Waals surface area contributed by atoms with E-state index in [0.29, 0.717) is 25.2 Å². The fourth-order valence-electron chi connectivity index (χ4n) is 5.75. The van der Waals surface area contributed by atoms with Gasteiger partial charge in [0.25, 0.3) is 0 Å². The maximum Gasteiger partial charge on any atom is 0.227 e. The zero-order chi connectivity index (χ0) is 25.0. The summed E-state index contributed by atoms with van der Waals surface area (Å²) in [6.45, 7) is 1.91. The fourth-order valence-corrected chi connectivity index (χ4v) is 5.75. The Morgan fingerprint density at radius 1 is 0.889 bits per heavy atom. The smallest absolute Gasteiger partial charge is 0.227 e. The number of likely N-dealkylation sites (tertiary alicyclic amines) is 1. The van der Waals surface area contributed by atoms with Crippen molar-refractivity contribution in [1.29, 1.82) is 0 Å². The second kappa shape index (κ2) is 10.7. The van der Waals surface area contributed by atoms with Gasteiger partial charge >= 0.3 is 0 Å². The molecular formula is C31H33FN2O2. The summed E-state index contributed by atoms with van der Waals surface area (Å²) >= 11 is 0. The van der Waals surface area contributed by atoms with E-state index in [1.165, 1.54) is 17.2 Å². The number of hydrogen-bond acceptors (Lipinski definition) is 2. The molecule has 2 fully saturated rings. The molecule has 2 amide bonds. The molecule has 5 heteroatoms. The minimum atomic E-state index is -0.333. The van der Waals surface area contributed by atoms with E-state index >= 15 is 0 Å². The van der Waals surface area contributed by atoms with E-state index in [1.54, 1.807) is 18.2 Å². The van der Waals surface area contributed by atoms with Gasteiger partial charge in [-0.25, -0.2) is 4.39 Å². The van der Waals surface area contributed by atoms with Crippen molar-refractivity contribution < 1.29 is 14.0 Å². The summed E-state index contributed by atoms with van der Waals surface area (Å²) in [6, 6.07) is 27.3. The largest absolute Gasteiger partial charge is 0.356 e. The second-order valence-corrected chi connectivity index (χ2v) is 10.2. The van der Waals surface area contributed by atoms with Gasteiger partial charge in [0.15, 0.2) is 0 Å². The summed E-state index contributed by atoms with van der Waals surface area (Å²) in [5.41, 5.74) is 2.98. The number of nitrogens with one attached hydrogen (secondary N) is 1. The van der Waals surface area contributed by atoms with Crippen LogP contribution in [0.25, 0.3) is 0 Å². The highest BCUT2D eigenvalue weighted by Crippen LogP contribution is 2.59. The molecule has 0 bridgehead atoms. The molecule has 4 nitrogen and oxygen atoms in total. The first kappa shape index (κ1) is 24.2. The van der Waals surface area contributed by atoms with E-state index in [4.69, 9.17) is 0 Å². The molecule has 3 aromatic rings. The van der Waals surface area contributed by atoms with Crippen molar-refractivity contribution in [3.8, 4) is 0 Å². The Balaban J connectivity index is 1.11. The first-order valence-electron chi connectivity index (χ1n) is 12.9. The molecule has 0 unspecified atom stereocenters. The third kappa shape index (κ3) is 5.35. The number of benzene rings is 3. The topological polar surface area (TPSA) is 49.4 Å². The number of amides is 2. The zero-order valence-corrected chi connectivity index (χ0v) is 20.5. The highest BCUT2D eigenvalue weighted by Gasteiger charge is 2.58. The van der Waals surface area contributed by atoms with E-state index in [0.717, 1.165) is 25.7 Å². The molecule has 1 spiro atoms. The summed E-state index contributed by atoms with van der Waals surface area (Å²) in [5.74, 6) is 0.0447. The van der Waals surface area contributed by atoms with Crippen LogP contribution in [0.2, 0.25) is 0 Å². The van der Waals surface area contributed by atoms with E-state index in [9.17, 15) is 14.0 Å². The monoisotopic (exact) mass is 484 g/mol. The maximum absolute atomic E-state index is 13.9. The van der Waals surface area contributed by atoms with Crippen LogP contribution in [0.5, 0.6) is 0 Å². The van der Waals surface area contributed by atoms with Crippen LogP contribution in [0, 0.1) is 17.2 Å². The molecule has 36 heavy (non-hydrogen) atoms. The standard InChI is InChI=1S/C31H33FN2O2/c32-28-14-8-7-13-25(28)21-29(35)34-19-16-31(17-20-34)22-27(31)30(36)33-18-15-26(23-9-3-1-4-10-23)24-11-5-2-6-12-24/h1-14,26-27H,15-22H2,(H,33,36)/t27-/m1/s1. The van der Waals surface area contributed by atoms with E-state index in [2.05, 4.69) is 53.8 Å². The Kier molecular flexibility index (Phi) is 7.17. The van der Waals surface area contributed by atoms with Crippen LogP contribution in [0.4, 0.5) is 4.39 Å². The number of hydrogen-bond donors (Lipinski definition) is 1. The molecule has 1 saturated heterocycles. The molecule has 3 aromatic carbocycles. The van der Waals surface area contributed by atoms with Crippen LogP contribution in [0.15, 0.2) is 84.9 Å². The van der Waals surface area contributed by atoms with Gasteiger partial charge in [-0.2, -0.15) is 0 Å². The number of piperidine rings is 1. The number of rotatable bonds is 8. The highest BCUT2D eigenvalue weighted by molar-refractivity contribution is 5.83. The second-order valence-electron chi connectivity index (χ2n) is 10.2. The predicted molar refractivity (Wildman–Crippen MR) is 139 cm³/mol. The van der Waals surface area contributed by atoms with Crippen LogP contribution < -0.4 is 5.32 Å². The maximum atomic E-state index is 13.9. The lowest BCUT2D eigenvalue weighted by atomic mass is 9.88. The van der Waals surface area contributed by atoms with Crippen molar-refractivity contribution in [3.05, 3.63) is 107 Å². The van der Waals surface area contributed by atoms with Gasteiger partial charge in [-0.1, -0.05) is 78.9 Å². The van der Waals surface area contributed by atoms with Gasteiger partial charge < -0.3 is 10.2 Å². The molecular weight excluding hydrogens is 451 g/mol. The number of carbonyl (C=O) groups is 2. The quantitative estimate of drug-likeness (QED) is 0.470. The lowest BCUT2D eigenvalue weighted by Crippen LogP contribution is -2.41. The molecule has 2 aliphatic rings. The lowest BCUT2D eigenvalue weighted by Gasteiger charge is -2.33. The number of halogens is 1. The van der Waals surface area contributed by atoms with Crippen molar-refractivity contribution in [3.63, 3.8) is 0 Å². The van der Waals surface area contributed by atoms with Gasteiger partial charge in [-0.3, -0.25) is 9.59 Å². The van der Waals surface area contributed by atoms with Gasteiger partial charge in [0.05, 0.1) is 6.42 Å². The average molecular weight is 485 g/mol. The van der Waals surface area contributed by atoms with Gasteiger partial charge in [0.2, 0.25) is 11.8 Å². The Morgan fingerprint density at radius 2 is 1.47 bits per heavy atom. The van der Waals surface area contributed by atoms with Crippen molar-refractivity contribution >= 4 is 11.8 Å². The molecule has 5 rings (SSSR count). The summed E-state index contributed by atoms with van der Waals surface area (Å²) in [6.07, 6.45) is 3.51. The zero-order valence-electron chi connectivity index (χ0n) is 20.5. The van der Waals surface area contributed by atoms with Crippen molar-refractivity contribution in [2.75, 3.05) is 19.6 Å². The Bertz CT molecular complexity index is 1150.